The molecule has 0 spiro atoms. The van der Waals surface area contributed by atoms with Crippen LogP contribution in [0.25, 0.3) is 0 Å². The molecule has 1 unspecified atom stereocenters. The molecular formula is C12H16BrNO3. The molecule has 1 rings (SSSR count). The predicted octanol–water partition coefficient (Wildman–Crippen LogP) is 1.83. The van der Waals surface area contributed by atoms with E-state index in [1.54, 1.807) is 32.4 Å². The van der Waals surface area contributed by atoms with Gasteiger partial charge in [0.25, 0.3) is 5.91 Å². The summed E-state index contributed by atoms with van der Waals surface area (Å²) < 4.78 is 10.2. The standard InChI is InChI=1S/C12H16BrNO3/c1-16-8-9(7-13)14-12(15)10-5-3-4-6-11(10)17-2/h3-6,9H,7-8H2,1-2H3,(H,14,15). The van der Waals surface area contributed by atoms with Gasteiger partial charge in [-0.3, -0.25) is 4.79 Å². The van der Waals surface area contributed by atoms with Crippen molar-refractivity contribution >= 4 is 21.8 Å². The van der Waals surface area contributed by atoms with Crippen LogP contribution in [0.3, 0.4) is 0 Å². The number of methoxy groups -OCH3 is 2. The van der Waals surface area contributed by atoms with E-state index in [-0.39, 0.29) is 11.9 Å². The maximum Gasteiger partial charge on any atom is 0.255 e. The first kappa shape index (κ1) is 14.0. The number of amides is 1. The molecule has 0 fully saturated rings. The van der Waals surface area contributed by atoms with Gasteiger partial charge in [-0.25, -0.2) is 0 Å². The number of carbonyl (C=O) groups excluding carboxylic acids is 1. The third-order valence-electron chi connectivity index (χ3n) is 2.24. The normalized spacial score (nSPS) is 11.9. The fourth-order valence-electron chi connectivity index (χ4n) is 1.42. The van der Waals surface area contributed by atoms with Crippen LogP contribution in [0, 0.1) is 0 Å². The molecule has 1 atom stereocenters. The van der Waals surface area contributed by atoms with Crippen molar-refractivity contribution < 1.29 is 14.3 Å². The molecule has 1 amide bonds. The summed E-state index contributed by atoms with van der Waals surface area (Å²) in [7, 11) is 3.15. The Labute approximate surface area is 109 Å². The molecule has 0 bridgehead atoms. The monoisotopic (exact) mass is 301 g/mol. The van der Waals surface area contributed by atoms with Gasteiger partial charge in [0.1, 0.15) is 5.75 Å². The van der Waals surface area contributed by atoms with Gasteiger partial charge in [-0.05, 0) is 12.1 Å². The Kier molecular flexibility index (Phi) is 6.00. The lowest BCUT2D eigenvalue weighted by Crippen LogP contribution is -2.39. The van der Waals surface area contributed by atoms with Crippen LogP contribution in [0.5, 0.6) is 5.75 Å². The molecule has 5 heteroatoms. The largest absolute Gasteiger partial charge is 0.496 e. The molecule has 0 saturated heterocycles. The number of rotatable bonds is 6. The average Bonchev–Trinajstić information content (AvgIpc) is 2.38. The molecule has 0 radical (unpaired) electrons. The second kappa shape index (κ2) is 7.29. The predicted molar refractivity (Wildman–Crippen MR) is 69.9 cm³/mol. The Morgan fingerprint density at radius 3 is 2.71 bits per heavy atom. The van der Waals surface area contributed by atoms with Crippen LogP contribution in [0.2, 0.25) is 0 Å². The molecule has 0 aromatic heterocycles. The van der Waals surface area contributed by atoms with Crippen molar-refractivity contribution in [3.8, 4) is 5.75 Å². The highest BCUT2D eigenvalue weighted by atomic mass is 79.9. The van der Waals surface area contributed by atoms with E-state index in [1.165, 1.54) is 0 Å². The van der Waals surface area contributed by atoms with Crippen molar-refractivity contribution in [1.29, 1.82) is 0 Å². The summed E-state index contributed by atoms with van der Waals surface area (Å²) >= 11 is 3.33. The quantitative estimate of drug-likeness (QED) is 0.816. The Bertz CT molecular complexity index is 371. The smallest absolute Gasteiger partial charge is 0.255 e. The number of ether oxygens (including phenoxy) is 2. The second-order valence-corrected chi connectivity index (χ2v) is 4.13. The number of halogens is 1. The maximum atomic E-state index is 12.0. The van der Waals surface area contributed by atoms with Crippen molar-refractivity contribution in [1.82, 2.24) is 5.32 Å². The molecule has 0 saturated carbocycles. The summed E-state index contributed by atoms with van der Waals surface area (Å²) in [6, 6.07) is 7.06. The molecule has 0 aliphatic rings. The second-order valence-electron chi connectivity index (χ2n) is 3.48. The van der Waals surface area contributed by atoms with Crippen molar-refractivity contribution in [3.63, 3.8) is 0 Å². The van der Waals surface area contributed by atoms with Gasteiger partial charge in [0.05, 0.1) is 25.3 Å². The van der Waals surface area contributed by atoms with Crippen LogP contribution >= 0.6 is 15.9 Å². The summed E-state index contributed by atoms with van der Waals surface area (Å²) in [5.41, 5.74) is 0.525. The molecule has 4 nitrogen and oxygen atoms in total. The third-order valence-corrected chi connectivity index (χ3v) is 3.02. The Morgan fingerprint density at radius 1 is 1.41 bits per heavy atom. The number of hydrogen-bond acceptors (Lipinski definition) is 3. The highest BCUT2D eigenvalue weighted by molar-refractivity contribution is 9.09. The summed E-state index contributed by atoms with van der Waals surface area (Å²) in [6.45, 7) is 0.464. The molecule has 0 aliphatic heterocycles. The third kappa shape index (κ3) is 4.02. The lowest BCUT2D eigenvalue weighted by atomic mass is 10.2. The zero-order valence-electron chi connectivity index (χ0n) is 9.90. The minimum Gasteiger partial charge on any atom is -0.496 e. The number of carbonyl (C=O) groups is 1. The molecule has 0 heterocycles. The van der Waals surface area contributed by atoms with Gasteiger partial charge >= 0.3 is 0 Å². The van der Waals surface area contributed by atoms with Gasteiger partial charge in [0.15, 0.2) is 0 Å². The van der Waals surface area contributed by atoms with Crippen LogP contribution in [-0.2, 0) is 4.74 Å². The van der Waals surface area contributed by atoms with Crippen LogP contribution in [-0.4, -0.2) is 38.1 Å². The zero-order chi connectivity index (χ0) is 12.7. The van der Waals surface area contributed by atoms with Crippen molar-refractivity contribution in [3.05, 3.63) is 29.8 Å². The van der Waals surface area contributed by atoms with Crippen molar-refractivity contribution in [2.75, 3.05) is 26.2 Å². The van der Waals surface area contributed by atoms with Gasteiger partial charge < -0.3 is 14.8 Å². The summed E-state index contributed by atoms with van der Waals surface area (Å²) in [4.78, 5) is 12.0. The maximum absolute atomic E-state index is 12.0. The van der Waals surface area contributed by atoms with E-state index >= 15 is 0 Å². The average molecular weight is 302 g/mol. The first-order valence-electron chi connectivity index (χ1n) is 5.21. The van der Waals surface area contributed by atoms with Gasteiger partial charge in [-0.1, -0.05) is 28.1 Å². The SMILES string of the molecule is COCC(CBr)NC(=O)c1ccccc1OC. The summed E-state index contributed by atoms with van der Waals surface area (Å²) in [6.07, 6.45) is 0. The van der Waals surface area contributed by atoms with E-state index in [0.29, 0.717) is 23.2 Å². The van der Waals surface area contributed by atoms with Crippen LogP contribution in [0.15, 0.2) is 24.3 Å². The zero-order valence-corrected chi connectivity index (χ0v) is 11.5. The van der Waals surface area contributed by atoms with E-state index in [2.05, 4.69) is 21.2 Å². The Hall–Kier alpha value is -1.07. The summed E-state index contributed by atoms with van der Waals surface area (Å²) in [5, 5.41) is 3.51. The topological polar surface area (TPSA) is 47.6 Å². The molecular weight excluding hydrogens is 286 g/mol. The van der Waals surface area contributed by atoms with E-state index in [4.69, 9.17) is 9.47 Å². The van der Waals surface area contributed by atoms with E-state index in [1.807, 2.05) is 6.07 Å². The van der Waals surface area contributed by atoms with Crippen molar-refractivity contribution in [2.45, 2.75) is 6.04 Å². The first-order chi connectivity index (χ1) is 8.22. The van der Waals surface area contributed by atoms with Gasteiger partial charge in [-0.15, -0.1) is 0 Å². The van der Waals surface area contributed by atoms with E-state index in [9.17, 15) is 4.79 Å². The molecule has 1 aromatic carbocycles. The fraction of sp³-hybridized carbons (Fsp3) is 0.417. The lowest BCUT2D eigenvalue weighted by Gasteiger charge is -2.16. The van der Waals surface area contributed by atoms with E-state index in [0.717, 1.165) is 0 Å². The number of benzene rings is 1. The highest BCUT2D eigenvalue weighted by Gasteiger charge is 2.15. The minimum atomic E-state index is -0.163. The molecule has 0 aliphatic carbocycles. The van der Waals surface area contributed by atoms with Gasteiger partial charge in [-0.2, -0.15) is 0 Å². The lowest BCUT2D eigenvalue weighted by molar-refractivity contribution is 0.0905. The van der Waals surface area contributed by atoms with Crippen LogP contribution < -0.4 is 10.1 Å². The van der Waals surface area contributed by atoms with E-state index < -0.39 is 0 Å². The van der Waals surface area contributed by atoms with Crippen molar-refractivity contribution in [2.24, 2.45) is 0 Å². The minimum absolute atomic E-state index is 0.0580. The molecule has 94 valence electrons. The number of para-hydroxylation sites is 1. The highest BCUT2D eigenvalue weighted by Crippen LogP contribution is 2.17. The van der Waals surface area contributed by atoms with Crippen LogP contribution in [0.4, 0.5) is 0 Å². The Morgan fingerprint density at radius 2 is 2.12 bits per heavy atom. The molecule has 1 aromatic rings. The Balaban J connectivity index is 2.75. The number of nitrogens with one attached hydrogen (secondary N) is 1. The molecule has 17 heavy (non-hydrogen) atoms. The van der Waals surface area contributed by atoms with Gasteiger partial charge in [0, 0.05) is 12.4 Å². The number of hydrogen-bond donors (Lipinski definition) is 1. The fourth-order valence-corrected chi connectivity index (χ4v) is 1.77. The van der Waals surface area contributed by atoms with Crippen LogP contribution in [0.1, 0.15) is 10.4 Å². The first-order valence-corrected chi connectivity index (χ1v) is 6.33. The number of alkyl halides is 1. The van der Waals surface area contributed by atoms with Gasteiger partial charge in [0.2, 0.25) is 0 Å². The molecule has 1 N–H and O–H groups in total. The summed E-state index contributed by atoms with van der Waals surface area (Å²) in [5.74, 6) is 0.402.